The average Bonchev–Trinajstić information content (AvgIpc) is 1.12. The van der Waals surface area contributed by atoms with Gasteiger partial charge in [0, 0.05) is 0 Å². The van der Waals surface area contributed by atoms with Crippen molar-refractivity contribution in [1.29, 1.82) is 0 Å². The van der Waals surface area contributed by atoms with Gasteiger partial charge in [-0.15, -0.1) is 0 Å². The van der Waals surface area contributed by atoms with E-state index in [1.54, 1.807) is 0 Å². The average molecular weight is 170 g/mol. The van der Waals surface area contributed by atoms with Crippen molar-refractivity contribution in [2.45, 2.75) is 12.6 Å². The summed E-state index contributed by atoms with van der Waals surface area (Å²) >= 11 is 0. The predicted molar refractivity (Wildman–Crippen MR) is 20.5 cm³/mol. The van der Waals surface area contributed by atoms with Gasteiger partial charge in [-0.25, -0.2) is 11.5 Å². The highest BCUT2D eigenvalue weighted by molar-refractivity contribution is 4.22. The van der Waals surface area contributed by atoms with E-state index in [4.69, 9.17) is 0 Å². The van der Waals surface area contributed by atoms with Gasteiger partial charge < -0.3 is 0 Å². The number of hydrogen-bond acceptors (Lipinski definition) is 2. The molecule has 0 radical (unpaired) electrons. The van der Waals surface area contributed by atoms with Crippen LogP contribution >= 0.6 is 0 Å². The normalized spacial score (nSPS) is 12.0. The highest BCUT2D eigenvalue weighted by Crippen LogP contribution is 2.02. The molecule has 0 fully saturated rings. The molecule has 2 nitrogen and oxygen atoms in total. The van der Waals surface area contributed by atoms with E-state index in [1.807, 2.05) is 0 Å². The second kappa shape index (κ2) is 3.62. The van der Waals surface area contributed by atoms with E-state index in [9.17, 15) is 26.3 Å². The van der Waals surface area contributed by atoms with Gasteiger partial charge in [0.05, 0.1) is 0 Å². The lowest BCUT2D eigenvalue weighted by atomic mass is 11.3. The lowest BCUT2D eigenvalue weighted by Crippen LogP contribution is -2.20. The van der Waals surface area contributed by atoms with E-state index in [0.717, 1.165) is 0 Å². The topological polar surface area (TPSA) is 52.0 Å². The van der Waals surface area contributed by atoms with Gasteiger partial charge in [0.2, 0.25) is 0 Å². The molecule has 0 aromatic rings. The van der Waals surface area contributed by atoms with Gasteiger partial charge in [-0.3, -0.25) is 0 Å². The molecule has 64 valence electrons. The molecule has 0 aromatic carbocycles. The maximum absolute atomic E-state index is 10.1. The van der Waals surface area contributed by atoms with Crippen LogP contribution in [0.5, 0.6) is 0 Å². The summed E-state index contributed by atoms with van der Waals surface area (Å²) in [6, 6.07) is 0. The predicted octanol–water partition coefficient (Wildman–Crippen LogP) is 0.930. The molecule has 0 atom stereocenters. The van der Waals surface area contributed by atoms with Crippen molar-refractivity contribution in [3.8, 4) is 0 Å². The third-order valence-corrected chi connectivity index (χ3v) is 0. The molecule has 0 heterocycles. The molecule has 0 aliphatic carbocycles. The van der Waals surface area contributed by atoms with E-state index in [0.29, 0.717) is 0 Å². The van der Waals surface area contributed by atoms with Gasteiger partial charge in [0.15, 0.2) is 0 Å². The summed E-state index contributed by atoms with van der Waals surface area (Å²) in [7, 11) is 0. The Morgan fingerprint density at radius 1 is 0.600 bits per heavy atom. The molecule has 0 aliphatic heterocycles. The number of hydrogen-bond donors (Lipinski definition) is 2. The molecule has 0 saturated heterocycles. The van der Waals surface area contributed by atoms with Crippen molar-refractivity contribution < 1.29 is 26.3 Å². The molecule has 8 heteroatoms. The Bertz CT molecular complexity index is 56.7. The van der Waals surface area contributed by atoms with Crippen LogP contribution in [0.1, 0.15) is 0 Å². The zero-order valence-corrected chi connectivity index (χ0v) is 4.42. The Morgan fingerprint density at radius 2 is 0.600 bits per heavy atom. The summed E-state index contributed by atoms with van der Waals surface area (Å²) in [5, 5.41) is 0. The van der Waals surface area contributed by atoms with Gasteiger partial charge in [-0.1, -0.05) is 0 Å². The fourth-order valence-electron chi connectivity index (χ4n) is 0. The maximum Gasteiger partial charge on any atom is 0.454 e. The minimum atomic E-state index is -4.50. The van der Waals surface area contributed by atoms with Gasteiger partial charge in [-0.05, 0) is 0 Å². The van der Waals surface area contributed by atoms with Crippen LogP contribution in [0, 0.1) is 0 Å². The van der Waals surface area contributed by atoms with Crippen LogP contribution in [0.2, 0.25) is 0 Å². The second-order valence-corrected chi connectivity index (χ2v) is 1.08. The van der Waals surface area contributed by atoms with E-state index in [2.05, 4.69) is 11.5 Å². The molecule has 10 heavy (non-hydrogen) atoms. The van der Waals surface area contributed by atoms with Crippen molar-refractivity contribution in [3.05, 3.63) is 0 Å². The van der Waals surface area contributed by atoms with Crippen LogP contribution in [0.15, 0.2) is 0 Å². The van der Waals surface area contributed by atoms with Gasteiger partial charge in [0.25, 0.3) is 0 Å². The summed E-state index contributed by atoms with van der Waals surface area (Å²) in [6.07, 6.45) is -9.00. The van der Waals surface area contributed by atoms with Crippen molar-refractivity contribution in [2.24, 2.45) is 11.5 Å². The smallest absolute Gasteiger partial charge is 0.242 e. The molecule has 4 N–H and O–H groups in total. The van der Waals surface area contributed by atoms with Crippen LogP contribution in [0.25, 0.3) is 0 Å². The highest BCUT2D eigenvalue weighted by atomic mass is 19.4. The van der Waals surface area contributed by atoms with Crippen molar-refractivity contribution in [1.82, 2.24) is 0 Å². The monoisotopic (exact) mass is 170 g/mol. The Hall–Kier alpha value is -0.500. The number of alkyl halides is 6. The van der Waals surface area contributed by atoms with Crippen molar-refractivity contribution >= 4 is 0 Å². The quantitative estimate of drug-likeness (QED) is 0.419. The zero-order valence-electron chi connectivity index (χ0n) is 4.42. The SMILES string of the molecule is NC(F)(F)F.NC(F)(F)F. The summed E-state index contributed by atoms with van der Waals surface area (Å²) < 4.78 is 60.8. The fraction of sp³-hybridized carbons (Fsp3) is 1.00. The van der Waals surface area contributed by atoms with Gasteiger partial charge >= 0.3 is 12.6 Å². The lowest BCUT2D eigenvalue weighted by Gasteiger charge is -1.89. The summed E-state index contributed by atoms with van der Waals surface area (Å²) in [5.74, 6) is 0. The minimum absolute atomic E-state index is 3.35. The number of rotatable bonds is 0. The Balaban J connectivity index is 0. The number of nitrogens with two attached hydrogens (primary N) is 2. The Morgan fingerprint density at radius 3 is 0.600 bits per heavy atom. The second-order valence-electron chi connectivity index (χ2n) is 1.08. The lowest BCUT2D eigenvalue weighted by molar-refractivity contribution is -0.123. The van der Waals surface area contributed by atoms with Crippen molar-refractivity contribution in [2.75, 3.05) is 0 Å². The molecule has 0 unspecified atom stereocenters. The first kappa shape index (κ1) is 12.2. The minimum Gasteiger partial charge on any atom is -0.242 e. The molecule has 0 rings (SSSR count). The van der Waals surface area contributed by atoms with Crippen LogP contribution < -0.4 is 11.5 Å². The molecular weight excluding hydrogens is 166 g/mol. The van der Waals surface area contributed by atoms with Gasteiger partial charge in [0.1, 0.15) is 0 Å². The van der Waals surface area contributed by atoms with Gasteiger partial charge in [-0.2, -0.15) is 26.3 Å². The molecule has 0 spiro atoms. The van der Waals surface area contributed by atoms with E-state index in [-0.39, 0.29) is 0 Å². The first-order valence-corrected chi connectivity index (χ1v) is 1.71. The van der Waals surface area contributed by atoms with E-state index < -0.39 is 12.6 Å². The van der Waals surface area contributed by atoms with Crippen LogP contribution in [0.4, 0.5) is 26.3 Å². The summed E-state index contributed by atoms with van der Waals surface area (Å²) in [6.45, 7) is 0. The Labute approximate surface area is 51.8 Å². The molecule has 0 aliphatic rings. The highest BCUT2D eigenvalue weighted by Gasteiger charge is 2.17. The van der Waals surface area contributed by atoms with Crippen LogP contribution in [-0.4, -0.2) is 12.6 Å². The largest absolute Gasteiger partial charge is 0.454 e. The van der Waals surface area contributed by atoms with Crippen molar-refractivity contribution in [3.63, 3.8) is 0 Å². The molecular formula is C2H4F6N2. The molecule has 0 amide bonds. The zero-order chi connectivity index (χ0) is 9.00. The molecule has 0 bridgehead atoms. The first-order valence-electron chi connectivity index (χ1n) is 1.71. The van der Waals surface area contributed by atoms with E-state index >= 15 is 0 Å². The third-order valence-electron chi connectivity index (χ3n) is 0. The fourth-order valence-corrected chi connectivity index (χ4v) is 0. The summed E-state index contributed by atoms with van der Waals surface area (Å²) in [5.41, 5.74) is 6.71. The van der Waals surface area contributed by atoms with Crippen LogP contribution in [0.3, 0.4) is 0 Å². The third kappa shape index (κ3) is 1270. The summed E-state index contributed by atoms with van der Waals surface area (Å²) in [4.78, 5) is 0. The number of halogens is 6. The Kier molecular flexibility index (Phi) is 4.41. The molecule has 0 saturated carbocycles. The van der Waals surface area contributed by atoms with Crippen LogP contribution in [-0.2, 0) is 0 Å². The van der Waals surface area contributed by atoms with E-state index in [1.165, 1.54) is 0 Å². The standard InChI is InChI=1S/2CH2F3N/c2*2-1(3,4)5/h2*5H2. The maximum atomic E-state index is 10.1. The first-order chi connectivity index (χ1) is 4.00. The molecule has 0 aromatic heterocycles.